The van der Waals surface area contributed by atoms with Gasteiger partial charge in [0.15, 0.2) is 5.82 Å². The van der Waals surface area contributed by atoms with Crippen LogP contribution >= 0.6 is 23.2 Å². The molecule has 1 aromatic heterocycles. The van der Waals surface area contributed by atoms with Crippen molar-refractivity contribution in [2.45, 2.75) is 38.6 Å². The van der Waals surface area contributed by atoms with Crippen LogP contribution in [0.2, 0.25) is 10.0 Å². The number of carbonyl (C=O) groups is 1. The summed E-state index contributed by atoms with van der Waals surface area (Å²) >= 11 is 12.3. The molecule has 0 radical (unpaired) electrons. The number of fused-ring (bicyclic) bond motifs is 1. The molecule has 2 aromatic carbocycles. The highest BCUT2D eigenvalue weighted by atomic mass is 35.5. The Bertz CT molecular complexity index is 978. The second kappa shape index (κ2) is 8.33. The van der Waals surface area contributed by atoms with Crippen LogP contribution in [0.3, 0.4) is 0 Å². The van der Waals surface area contributed by atoms with Crippen molar-refractivity contribution in [1.82, 2.24) is 14.8 Å². The van der Waals surface area contributed by atoms with Crippen molar-refractivity contribution >= 4 is 34.8 Å². The first-order valence-corrected chi connectivity index (χ1v) is 10.1. The smallest absolute Gasteiger partial charge is 0.228 e. The summed E-state index contributed by atoms with van der Waals surface area (Å²) in [5.41, 5.74) is 2.34. The zero-order chi connectivity index (χ0) is 19.5. The molecule has 0 fully saturated rings. The van der Waals surface area contributed by atoms with Crippen molar-refractivity contribution in [2.24, 2.45) is 0 Å². The first-order valence-electron chi connectivity index (χ1n) is 9.37. The molecule has 7 heteroatoms. The van der Waals surface area contributed by atoms with Gasteiger partial charge in [-0.1, -0.05) is 35.7 Å². The average Bonchev–Trinajstić information content (AvgIpc) is 2.94. The number of benzene rings is 2. The molecule has 0 spiro atoms. The lowest BCUT2D eigenvalue weighted by atomic mass is 10.1. The zero-order valence-electron chi connectivity index (χ0n) is 15.3. The average molecular weight is 415 g/mol. The molecule has 0 atom stereocenters. The molecule has 0 saturated heterocycles. The fourth-order valence-electron chi connectivity index (χ4n) is 3.47. The van der Waals surface area contributed by atoms with E-state index in [1.165, 1.54) is 12.8 Å². The van der Waals surface area contributed by atoms with Crippen LogP contribution < -0.4 is 5.32 Å². The maximum absolute atomic E-state index is 12.4. The first-order chi connectivity index (χ1) is 13.6. The Kier molecular flexibility index (Phi) is 5.64. The quantitative estimate of drug-likeness (QED) is 0.641. The third kappa shape index (κ3) is 4.05. The number of carbonyl (C=O) groups excluding carboxylic acids is 1. The Morgan fingerprint density at radius 1 is 1.00 bits per heavy atom. The van der Waals surface area contributed by atoms with Gasteiger partial charge in [0, 0.05) is 34.3 Å². The number of hydrogen-bond donors (Lipinski definition) is 1. The first kappa shape index (κ1) is 19.0. The second-order valence-corrected chi connectivity index (χ2v) is 7.72. The topological polar surface area (TPSA) is 59.8 Å². The van der Waals surface area contributed by atoms with Gasteiger partial charge in [-0.3, -0.25) is 4.79 Å². The lowest BCUT2D eigenvalue weighted by Crippen LogP contribution is -2.14. The van der Waals surface area contributed by atoms with Crippen LogP contribution in [0.15, 0.2) is 42.5 Å². The van der Waals surface area contributed by atoms with Crippen LogP contribution in [-0.4, -0.2) is 20.7 Å². The highest BCUT2D eigenvalue weighted by molar-refractivity contribution is 6.36. The van der Waals surface area contributed by atoms with Gasteiger partial charge in [0.1, 0.15) is 5.82 Å². The van der Waals surface area contributed by atoms with Gasteiger partial charge < -0.3 is 9.88 Å². The van der Waals surface area contributed by atoms with Gasteiger partial charge >= 0.3 is 0 Å². The van der Waals surface area contributed by atoms with Crippen LogP contribution in [0.5, 0.6) is 0 Å². The number of aryl methyl sites for hydroxylation is 1. The summed E-state index contributed by atoms with van der Waals surface area (Å²) in [5, 5.41) is 12.6. The van der Waals surface area contributed by atoms with Crippen LogP contribution in [0.4, 0.5) is 5.69 Å². The number of nitrogens with one attached hydrogen (secondary N) is 1. The minimum absolute atomic E-state index is 0.123. The van der Waals surface area contributed by atoms with Crippen LogP contribution in [0, 0.1) is 0 Å². The largest absolute Gasteiger partial charge is 0.326 e. The molecule has 28 heavy (non-hydrogen) atoms. The van der Waals surface area contributed by atoms with E-state index in [2.05, 4.69) is 20.1 Å². The van der Waals surface area contributed by atoms with E-state index in [1.54, 1.807) is 18.2 Å². The van der Waals surface area contributed by atoms with E-state index in [0.29, 0.717) is 21.3 Å². The van der Waals surface area contributed by atoms with Crippen molar-refractivity contribution in [3.05, 3.63) is 63.9 Å². The molecule has 0 saturated carbocycles. The van der Waals surface area contributed by atoms with Gasteiger partial charge in [-0.05, 0) is 54.8 Å². The Morgan fingerprint density at radius 3 is 2.50 bits per heavy atom. The molecular weight excluding hydrogens is 395 g/mol. The number of halogens is 2. The molecule has 4 rings (SSSR count). The molecule has 1 aliphatic heterocycles. The Balaban J connectivity index is 1.47. The van der Waals surface area contributed by atoms with E-state index in [-0.39, 0.29) is 12.3 Å². The summed E-state index contributed by atoms with van der Waals surface area (Å²) in [5.74, 6) is 1.78. The van der Waals surface area contributed by atoms with Gasteiger partial charge in [-0.15, -0.1) is 10.2 Å². The zero-order valence-corrected chi connectivity index (χ0v) is 16.8. The second-order valence-electron chi connectivity index (χ2n) is 6.90. The lowest BCUT2D eigenvalue weighted by molar-refractivity contribution is -0.115. The Hall–Kier alpha value is -2.37. The number of nitrogens with zero attached hydrogens (tertiary/aromatic N) is 3. The molecular formula is C21H20Cl2N4O. The molecule has 3 aromatic rings. The van der Waals surface area contributed by atoms with E-state index < -0.39 is 0 Å². The van der Waals surface area contributed by atoms with Crippen LogP contribution in [0.25, 0.3) is 11.4 Å². The van der Waals surface area contributed by atoms with Gasteiger partial charge in [0.2, 0.25) is 5.91 Å². The number of aromatic nitrogens is 3. The van der Waals surface area contributed by atoms with Gasteiger partial charge in [0.25, 0.3) is 0 Å². The maximum atomic E-state index is 12.4. The predicted octanol–water partition coefficient (Wildman–Crippen LogP) is 5.16. The third-order valence-corrected chi connectivity index (χ3v) is 5.64. The molecule has 2 heterocycles. The normalized spacial score (nSPS) is 13.6. The van der Waals surface area contributed by atoms with Crippen molar-refractivity contribution in [3.8, 4) is 11.4 Å². The van der Waals surface area contributed by atoms with Crippen molar-refractivity contribution in [1.29, 1.82) is 0 Å². The minimum atomic E-state index is -0.168. The summed E-state index contributed by atoms with van der Waals surface area (Å²) in [6.45, 7) is 0.953. The standard InChI is InChI=1S/C21H20Cl2N4O/c22-17-5-4-6-18(23)16(17)13-20(28)24-15-10-8-14(9-11-15)21-26-25-19-7-2-1-3-12-27(19)21/h4-6,8-11H,1-3,7,12-13H2,(H,24,28). The summed E-state index contributed by atoms with van der Waals surface area (Å²) in [7, 11) is 0. The van der Waals surface area contributed by atoms with E-state index in [4.69, 9.17) is 23.2 Å². The molecule has 1 aliphatic rings. The highest BCUT2D eigenvalue weighted by Gasteiger charge is 2.16. The van der Waals surface area contributed by atoms with Crippen LogP contribution in [0.1, 0.15) is 30.7 Å². The molecule has 5 nitrogen and oxygen atoms in total. The van der Waals surface area contributed by atoms with E-state index in [0.717, 1.165) is 36.6 Å². The molecule has 0 aliphatic carbocycles. The van der Waals surface area contributed by atoms with Gasteiger partial charge in [-0.25, -0.2) is 0 Å². The highest BCUT2D eigenvalue weighted by Crippen LogP contribution is 2.26. The number of hydrogen-bond acceptors (Lipinski definition) is 3. The van der Waals surface area contributed by atoms with Crippen molar-refractivity contribution in [3.63, 3.8) is 0 Å². The fraction of sp³-hybridized carbons (Fsp3) is 0.286. The summed E-state index contributed by atoms with van der Waals surface area (Å²) in [6, 6.07) is 12.9. The summed E-state index contributed by atoms with van der Waals surface area (Å²) < 4.78 is 2.21. The molecule has 1 N–H and O–H groups in total. The van der Waals surface area contributed by atoms with E-state index in [9.17, 15) is 4.79 Å². The van der Waals surface area contributed by atoms with E-state index >= 15 is 0 Å². The summed E-state index contributed by atoms with van der Waals surface area (Å²) in [6.07, 6.45) is 4.64. The molecule has 0 unspecified atom stereocenters. The lowest BCUT2D eigenvalue weighted by Gasteiger charge is -2.10. The molecule has 1 amide bonds. The van der Waals surface area contributed by atoms with Crippen molar-refractivity contribution < 1.29 is 4.79 Å². The maximum Gasteiger partial charge on any atom is 0.228 e. The Labute approximate surface area is 173 Å². The minimum Gasteiger partial charge on any atom is -0.326 e. The fourth-order valence-corrected chi connectivity index (χ4v) is 4.00. The monoisotopic (exact) mass is 414 g/mol. The third-order valence-electron chi connectivity index (χ3n) is 4.94. The predicted molar refractivity (Wildman–Crippen MR) is 112 cm³/mol. The molecule has 0 bridgehead atoms. The number of rotatable bonds is 4. The SMILES string of the molecule is O=C(Cc1c(Cl)cccc1Cl)Nc1ccc(-c2nnc3n2CCCCC3)cc1. The van der Waals surface area contributed by atoms with Gasteiger partial charge in [0.05, 0.1) is 6.42 Å². The van der Waals surface area contributed by atoms with Crippen LogP contribution in [-0.2, 0) is 24.2 Å². The summed E-state index contributed by atoms with van der Waals surface area (Å²) in [4.78, 5) is 12.4. The molecule has 144 valence electrons. The Morgan fingerprint density at radius 2 is 1.75 bits per heavy atom. The van der Waals surface area contributed by atoms with E-state index in [1.807, 2.05) is 24.3 Å². The number of anilines is 1. The number of amides is 1. The van der Waals surface area contributed by atoms with Gasteiger partial charge in [-0.2, -0.15) is 0 Å². The van der Waals surface area contributed by atoms with Crippen molar-refractivity contribution in [2.75, 3.05) is 5.32 Å².